The van der Waals surface area contributed by atoms with E-state index in [1.807, 2.05) is 12.1 Å². The summed E-state index contributed by atoms with van der Waals surface area (Å²) in [5.74, 6) is 1.56. The molecule has 0 amide bonds. The lowest BCUT2D eigenvalue weighted by atomic mass is 10.0. The summed E-state index contributed by atoms with van der Waals surface area (Å²) in [7, 11) is 3.34. The Morgan fingerprint density at radius 3 is 2.48 bits per heavy atom. The Hall–Kier alpha value is -1.97. The minimum atomic E-state index is 0.763. The van der Waals surface area contributed by atoms with Gasteiger partial charge in [-0.05, 0) is 25.3 Å². The van der Waals surface area contributed by atoms with Gasteiger partial charge in [-0.2, -0.15) is 0 Å². The van der Waals surface area contributed by atoms with E-state index in [9.17, 15) is 0 Å². The number of rotatable bonds is 6. The van der Waals surface area contributed by atoms with Crippen molar-refractivity contribution in [2.24, 2.45) is 0 Å². The zero-order chi connectivity index (χ0) is 15.4. The highest BCUT2D eigenvalue weighted by Gasteiger charge is 2.16. The molecule has 0 atom stereocenters. The molecule has 1 heterocycles. The van der Waals surface area contributed by atoms with Crippen LogP contribution in [0.15, 0.2) is 12.1 Å². The monoisotopic (exact) mass is 288 g/mol. The molecule has 2 rings (SSSR count). The number of benzene rings is 1. The van der Waals surface area contributed by atoms with Gasteiger partial charge in [0.2, 0.25) is 0 Å². The van der Waals surface area contributed by atoms with E-state index < -0.39 is 0 Å². The predicted molar refractivity (Wildman–Crippen MR) is 87.7 cm³/mol. The number of hydrogen-bond donors (Lipinski definition) is 1. The number of hydrogen-bond acceptors (Lipinski definition) is 4. The van der Waals surface area contributed by atoms with Crippen molar-refractivity contribution in [2.75, 3.05) is 26.1 Å². The zero-order valence-electron chi connectivity index (χ0n) is 13.5. The lowest BCUT2D eigenvalue weighted by molar-refractivity contribution is 0.398. The van der Waals surface area contributed by atoms with E-state index in [2.05, 4.69) is 26.1 Å². The van der Waals surface area contributed by atoms with E-state index in [0.717, 1.165) is 53.2 Å². The number of nitrogens with one attached hydrogen (secondary N) is 1. The molecule has 0 saturated carbocycles. The number of pyridine rings is 1. The topological polar surface area (TPSA) is 43.4 Å². The molecule has 0 spiro atoms. The Morgan fingerprint density at radius 1 is 1.14 bits per heavy atom. The second-order valence-electron chi connectivity index (χ2n) is 5.06. The number of fused-ring (bicyclic) bond motifs is 1. The number of nitrogens with zero attached hydrogens (tertiary/aromatic N) is 1. The fourth-order valence-corrected chi connectivity index (χ4v) is 2.57. The number of aryl methyl sites for hydroxylation is 1. The van der Waals surface area contributed by atoms with Gasteiger partial charge in [0.05, 0.1) is 30.8 Å². The second kappa shape index (κ2) is 6.66. The fourth-order valence-electron chi connectivity index (χ4n) is 2.57. The third kappa shape index (κ3) is 2.89. The fraction of sp³-hybridized carbons (Fsp3) is 0.471. The first kappa shape index (κ1) is 15.4. The van der Waals surface area contributed by atoms with Crippen LogP contribution in [0.2, 0.25) is 0 Å². The SMILES string of the molecule is CCCNc1c(C)c(CC)nc2cc(OC)cc(OC)c12. The molecular weight excluding hydrogens is 264 g/mol. The predicted octanol–water partition coefficient (Wildman–Crippen LogP) is 3.94. The van der Waals surface area contributed by atoms with E-state index in [1.54, 1.807) is 14.2 Å². The largest absolute Gasteiger partial charge is 0.497 e. The maximum Gasteiger partial charge on any atom is 0.134 e. The second-order valence-corrected chi connectivity index (χ2v) is 5.06. The van der Waals surface area contributed by atoms with Gasteiger partial charge in [-0.25, -0.2) is 0 Å². The van der Waals surface area contributed by atoms with Crippen LogP contribution in [0.25, 0.3) is 10.9 Å². The quantitative estimate of drug-likeness (QED) is 0.874. The van der Waals surface area contributed by atoms with Crippen LogP contribution in [-0.4, -0.2) is 25.7 Å². The van der Waals surface area contributed by atoms with Crippen molar-refractivity contribution in [3.8, 4) is 11.5 Å². The maximum absolute atomic E-state index is 5.56. The lowest BCUT2D eigenvalue weighted by Crippen LogP contribution is -2.07. The third-order valence-electron chi connectivity index (χ3n) is 3.71. The van der Waals surface area contributed by atoms with Gasteiger partial charge in [0, 0.05) is 24.4 Å². The Morgan fingerprint density at radius 2 is 1.90 bits per heavy atom. The van der Waals surface area contributed by atoms with Crippen molar-refractivity contribution in [2.45, 2.75) is 33.6 Å². The highest BCUT2D eigenvalue weighted by atomic mass is 16.5. The summed E-state index contributed by atoms with van der Waals surface area (Å²) in [6, 6.07) is 3.87. The molecule has 0 bridgehead atoms. The number of anilines is 1. The van der Waals surface area contributed by atoms with Crippen LogP contribution in [-0.2, 0) is 6.42 Å². The van der Waals surface area contributed by atoms with Gasteiger partial charge in [-0.1, -0.05) is 13.8 Å². The van der Waals surface area contributed by atoms with Crippen molar-refractivity contribution in [3.05, 3.63) is 23.4 Å². The molecule has 0 aliphatic heterocycles. The van der Waals surface area contributed by atoms with Gasteiger partial charge < -0.3 is 14.8 Å². The van der Waals surface area contributed by atoms with E-state index >= 15 is 0 Å². The highest BCUT2D eigenvalue weighted by molar-refractivity contribution is 5.99. The highest BCUT2D eigenvalue weighted by Crippen LogP contribution is 2.38. The summed E-state index contributed by atoms with van der Waals surface area (Å²) in [5.41, 5.74) is 4.34. The van der Waals surface area contributed by atoms with Gasteiger partial charge in [-0.15, -0.1) is 0 Å². The van der Waals surface area contributed by atoms with Crippen molar-refractivity contribution >= 4 is 16.6 Å². The van der Waals surface area contributed by atoms with Gasteiger partial charge in [0.25, 0.3) is 0 Å². The molecule has 1 aromatic carbocycles. The van der Waals surface area contributed by atoms with Crippen LogP contribution in [0.5, 0.6) is 11.5 Å². The molecular formula is C17H24N2O2. The molecule has 4 heteroatoms. The molecule has 4 nitrogen and oxygen atoms in total. The molecule has 2 aromatic rings. The maximum atomic E-state index is 5.56. The third-order valence-corrected chi connectivity index (χ3v) is 3.71. The van der Waals surface area contributed by atoms with Crippen LogP contribution in [0.3, 0.4) is 0 Å². The van der Waals surface area contributed by atoms with Crippen LogP contribution >= 0.6 is 0 Å². The zero-order valence-corrected chi connectivity index (χ0v) is 13.5. The minimum absolute atomic E-state index is 0.763. The summed E-state index contributed by atoms with van der Waals surface area (Å²) in [6.07, 6.45) is 1.98. The molecule has 114 valence electrons. The molecule has 1 aromatic heterocycles. The van der Waals surface area contributed by atoms with E-state index in [-0.39, 0.29) is 0 Å². The molecule has 0 radical (unpaired) electrons. The Labute approximate surface area is 126 Å². The van der Waals surface area contributed by atoms with E-state index in [4.69, 9.17) is 14.5 Å². The van der Waals surface area contributed by atoms with Crippen molar-refractivity contribution in [1.82, 2.24) is 4.98 Å². The average molecular weight is 288 g/mol. The first-order chi connectivity index (χ1) is 10.2. The lowest BCUT2D eigenvalue weighted by Gasteiger charge is -2.18. The van der Waals surface area contributed by atoms with Gasteiger partial charge in [0.15, 0.2) is 0 Å². The standard InChI is InChI=1S/C17H24N2O2/c1-6-8-18-17-11(3)13(7-2)19-14-9-12(20-4)10-15(21-5)16(14)17/h9-10H,6-8H2,1-5H3,(H,18,19). The van der Waals surface area contributed by atoms with E-state index in [0.29, 0.717) is 0 Å². The minimum Gasteiger partial charge on any atom is -0.497 e. The first-order valence-electron chi connectivity index (χ1n) is 7.45. The van der Waals surface area contributed by atoms with Crippen LogP contribution in [0, 0.1) is 6.92 Å². The van der Waals surface area contributed by atoms with Crippen molar-refractivity contribution in [1.29, 1.82) is 0 Å². The van der Waals surface area contributed by atoms with Gasteiger partial charge in [0.1, 0.15) is 11.5 Å². The molecule has 0 saturated heterocycles. The number of aromatic nitrogens is 1. The Balaban J connectivity index is 2.78. The Kier molecular flexibility index (Phi) is 4.89. The van der Waals surface area contributed by atoms with Crippen LogP contribution < -0.4 is 14.8 Å². The Bertz CT molecular complexity index is 638. The van der Waals surface area contributed by atoms with Crippen LogP contribution in [0.1, 0.15) is 31.5 Å². The molecule has 21 heavy (non-hydrogen) atoms. The molecule has 0 unspecified atom stereocenters. The van der Waals surface area contributed by atoms with Crippen molar-refractivity contribution < 1.29 is 9.47 Å². The summed E-state index contributed by atoms with van der Waals surface area (Å²) >= 11 is 0. The smallest absolute Gasteiger partial charge is 0.134 e. The van der Waals surface area contributed by atoms with Crippen LogP contribution in [0.4, 0.5) is 5.69 Å². The number of ether oxygens (including phenoxy) is 2. The van der Waals surface area contributed by atoms with Crippen molar-refractivity contribution in [3.63, 3.8) is 0 Å². The van der Waals surface area contributed by atoms with E-state index in [1.165, 1.54) is 5.56 Å². The summed E-state index contributed by atoms with van der Waals surface area (Å²) < 4.78 is 10.9. The van der Waals surface area contributed by atoms with Gasteiger partial charge in [-0.3, -0.25) is 4.98 Å². The summed E-state index contributed by atoms with van der Waals surface area (Å²) in [6.45, 7) is 7.33. The summed E-state index contributed by atoms with van der Waals surface area (Å²) in [4.78, 5) is 4.78. The first-order valence-corrected chi connectivity index (χ1v) is 7.45. The molecule has 0 aliphatic rings. The number of methoxy groups -OCH3 is 2. The molecule has 1 N–H and O–H groups in total. The molecule has 0 fully saturated rings. The normalized spacial score (nSPS) is 10.7. The molecule has 0 aliphatic carbocycles. The average Bonchev–Trinajstić information content (AvgIpc) is 2.52. The van der Waals surface area contributed by atoms with Gasteiger partial charge >= 0.3 is 0 Å². The summed E-state index contributed by atoms with van der Waals surface area (Å²) in [5, 5.41) is 4.56.